The standard InChI is InChI=1S/C16H18O5S/c1-11(17)19-10-14(22-12-7-5-4-6-8-12)15(18)13-9-20-16(2,3)21-13/h4-8,10,13H,9H2,1-3H3/b14-10-. The van der Waals surface area contributed by atoms with Crippen molar-refractivity contribution in [3.63, 3.8) is 0 Å². The zero-order valence-corrected chi connectivity index (χ0v) is 13.5. The van der Waals surface area contributed by atoms with Crippen LogP contribution in [-0.4, -0.2) is 30.3 Å². The summed E-state index contributed by atoms with van der Waals surface area (Å²) in [5, 5.41) is 0. The normalized spacial score (nSPS) is 20.7. The van der Waals surface area contributed by atoms with Gasteiger partial charge in [0.05, 0.1) is 11.5 Å². The molecule has 1 saturated heterocycles. The van der Waals surface area contributed by atoms with Crippen LogP contribution in [0.2, 0.25) is 0 Å². The summed E-state index contributed by atoms with van der Waals surface area (Å²) in [4.78, 5) is 24.7. The predicted molar refractivity (Wildman–Crippen MR) is 82.1 cm³/mol. The second kappa shape index (κ2) is 7.09. The molecule has 2 rings (SSSR count). The zero-order valence-electron chi connectivity index (χ0n) is 12.7. The smallest absolute Gasteiger partial charge is 0.307 e. The maximum atomic E-state index is 12.6. The number of Topliss-reactive ketones (excluding diaryl/α,β-unsaturated/α-hetero) is 1. The first-order valence-corrected chi connectivity index (χ1v) is 7.65. The average Bonchev–Trinajstić information content (AvgIpc) is 2.84. The molecule has 0 aromatic heterocycles. The van der Waals surface area contributed by atoms with Gasteiger partial charge in [-0.3, -0.25) is 9.59 Å². The number of hydrogen-bond donors (Lipinski definition) is 0. The second-order valence-corrected chi connectivity index (χ2v) is 6.30. The summed E-state index contributed by atoms with van der Waals surface area (Å²) in [7, 11) is 0. The topological polar surface area (TPSA) is 61.8 Å². The molecule has 0 radical (unpaired) electrons. The Hall–Kier alpha value is -1.63. The average molecular weight is 322 g/mol. The van der Waals surface area contributed by atoms with E-state index in [0.717, 1.165) is 4.90 Å². The molecule has 1 heterocycles. The van der Waals surface area contributed by atoms with Gasteiger partial charge in [-0.05, 0) is 26.0 Å². The first-order chi connectivity index (χ1) is 10.4. The van der Waals surface area contributed by atoms with E-state index < -0.39 is 17.9 Å². The van der Waals surface area contributed by atoms with Gasteiger partial charge in [-0.2, -0.15) is 0 Å². The van der Waals surface area contributed by atoms with Gasteiger partial charge in [-0.1, -0.05) is 30.0 Å². The van der Waals surface area contributed by atoms with Gasteiger partial charge in [0.2, 0.25) is 5.78 Å². The van der Waals surface area contributed by atoms with Crippen molar-refractivity contribution >= 4 is 23.5 Å². The Morgan fingerprint density at radius 2 is 2.00 bits per heavy atom. The van der Waals surface area contributed by atoms with E-state index in [0.29, 0.717) is 4.91 Å². The Labute approximate surface area is 133 Å². The van der Waals surface area contributed by atoms with E-state index in [9.17, 15) is 9.59 Å². The van der Waals surface area contributed by atoms with E-state index in [1.807, 2.05) is 30.3 Å². The number of hydrogen-bond acceptors (Lipinski definition) is 6. The van der Waals surface area contributed by atoms with Gasteiger partial charge in [-0.25, -0.2) is 0 Å². The molecule has 0 spiro atoms. The molecule has 118 valence electrons. The Bertz CT molecular complexity index is 579. The fourth-order valence-corrected chi connectivity index (χ4v) is 2.73. The lowest BCUT2D eigenvalue weighted by atomic mass is 10.2. The molecule has 5 nitrogen and oxygen atoms in total. The third-order valence-electron chi connectivity index (χ3n) is 2.85. The molecule has 0 N–H and O–H groups in total. The summed E-state index contributed by atoms with van der Waals surface area (Å²) in [6, 6.07) is 9.37. The lowest BCUT2D eigenvalue weighted by Gasteiger charge is -2.17. The summed E-state index contributed by atoms with van der Waals surface area (Å²) in [5.41, 5.74) is 0. The minimum atomic E-state index is -0.787. The number of carbonyl (C=O) groups is 2. The number of thioether (sulfide) groups is 1. The Morgan fingerprint density at radius 1 is 1.32 bits per heavy atom. The number of esters is 1. The first kappa shape index (κ1) is 16.7. The largest absolute Gasteiger partial charge is 0.433 e. The van der Waals surface area contributed by atoms with Crippen molar-refractivity contribution in [2.24, 2.45) is 0 Å². The van der Waals surface area contributed by atoms with E-state index >= 15 is 0 Å². The third kappa shape index (κ3) is 4.69. The van der Waals surface area contributed by atoms with E-state index in [2.05, 4.69) is 0 Å². The van der Waals surface area contributed by atoms with Crippen LogP contribution in [0.1, 0.15) is 20.8 Å². The van der Waals surface area contributed by atoms with Crippen LogP contribution in [0, 0.1) is 0 Å². The van der Waals surface area contributed by atoms with Crippen molar-refractivity contribution in [1.29, 1.82) is 0 Å². The zero-order chi connectivity index (χ0) is 16.2. The Morgan fingerprint density at radius 3 is 2.55 bits per heavy atom. The van der Waals surface area contributed by atoms with Gasteiger partial charge in [0.15, 0.2) is 5.79 Å². The lowest BCUT2D eigenvalue weighted by molar-refractivity contribution is -0.149. The molecule has 6 heteroatoms. The molecule has 0 amide bonds. The summed E-state index contributed by atoms with van der Waals surface area (Å²) < 4.78 is 15.9. The molecular formula is C16H18O5S. The highest BCUT2D eigenvalue weighted by molar-refractivity contribution is 8.04. The second-order valence-electron chi connectivity index (χ2n) is 5.19. The van der Waals surface area contributed by atoms with Crippen LogP contribution in [0.3, 0.4) is 0 Å². The van der Waals surface area contributed by atoms with Crippen molar-refractivity contribution in [1.82, 2.24) is 0 Å². The highest BCUT2D eigenvalue weighted by Gasteiger charge is 2.38. The predicted octanol–water partition coefficient (Wildman–Crippen LogP) is 2.90. The summed E-state index contributed by atoms with van der Waals surface area (Å²) >= 11 is 1.22. The van der Waals surface area contributed by atoms with Crippen LogP contribution in [0.4, 0.5) is 0 Å². The summed E-state index contributed by atoms with van der Waals surface area (Å²) in [6.45, 7) is 4.96. The van der Waals surface area contributed by atoms with Crippen molar-refractivity contribution in [3.8, 4) is 0 Å². The Balaban J connectivity index is 2.15. The molecule has 1 fully saturated rings. The third-order valence-corrected chi connectivity index (χ3v) is 3.87. The van der Waals surface area contributed by atoms with E-state index in [-0.39, 0.29) is 12.4 Å². The molecule has 22 heavy (non-hydrogen) atoms. The minimum Gasteiger partial charge on any atom is -0.433 e. The van der Waals surface area contributed by atoms with Crippen molar-refractivity contribution in [3.05, 3.63) is 41.5 Å². The van der Waals surface area contributed by atoms with Crippen LogP contribution < -0.4 is 0 Å². The lowest BCUT2D eigenvalue weighted by Crippen LogP contribution is -2.27. The monoisotopic (exact) mass is 322 g/mol. The molecule has 1 aliphatic rings. The van der Waals surface area contributed by atoms with Crippen LogP contribution in [0.25, 0.3) is 0 Å². The summed E-state index contributed by atoms with van der Waals surface area (Å²) in [5.74, 6) is -1.53. The van der Waals surface area contributed by atoms with Crippen molar-refractivity contribution < 1.29 is 23.8 Å². The molecule has 0 bridgehead atoms. The van der Waals surface area contributed by atoms with Crippen LogP contribution in [0.15, 0.2) is 46.4 Å². The van der Waals surface area contributed by atoms with E-state index in [4.69, 9.17) is 14.2 Å². The molecule has 0 aliphatic carbocycles. The number of carbonyl (C=O) groups excluding carboxylic acids is 2. The van der Waals surface area contributed by atoms with E-state index in [1.54, 1.807) is 13.8 Å². The molecule has 1 unspecified atom stereocenters. The van der Waals surface area contributed by atoms with Crippen LogP contribution in [-0.2, 0) is 23.8 Å². The molecule has 1 atom stereocenters. The van der Waals surface area contributed by atoms with E-state index in [1.165, 1.54) is 24.9 Å². The highest BCUT2D eigenvalue weighted by atomic mass is 32.2. The molecule has 1 aromatic rings. The quantitative estimate of drug-likeness (QED) is 0.359. The van der Waals surface area contributed by atoms with Crippen LogP contribution in [0.5, 0.6) is 0 Å². The number of ketones is 1. The van der Waals surface area contributed by atoms with Crippen molar-refractivity contribution in [2.75, 3.05) is 6.61 Å². The SMILES string of the molecule is CC(=O)O/C=C(\Sc1ccccc1)C(=O)C1COC(C)(C)O1. The van der Waals surface area contributed by atoms with Gasteiger partial charge in [-0.15, -0.1) is 0 Å². The van der Waals surface area contributed by atoms with Crippen LogP contribution >= 0.6 is 11.8 Å². The molecule has 1 aliphatic heterocycles. The maximum absolute atomic E-state index is 12.6. The van der Waals surface area contributed by atoms with Gasteiger partial charge in [0.1, 0.15) is 12.4 Å². The Kier molecular flexibility index (Phi) is 5.39. The van der Waals surface area contributed by atoms with Gasteiger partial charge < -0.3 is 14.2 Å². The molecule has 0 saturated carbocycles. The number of benzene rings is 1. The fourth-order valence-electron chi connectivity index (χ4n) is 1.86. The summed E-state index contributed by atoms with van der Waals surface area (Å²) in [6.07, 6.45) is 0.477. The van der Waals surface area contributed by atoms with Crippen molar-refractivity contribution in [2.45, 2.75) is 37.6 Å². The number of ether oxygens (including phenoxy) is 3. The van der Waals surface area contributed by atoms with Gasteiger partial charge >= 0.3 is 5.97 Å². The van der Waals surface area contributed by atoms with Gasteiger partial charge in [0, 0.05) is 11.8 Å². The highest BCUT2D eigenvalue weighted by Crippen LogP contribution is 2.31. The maximum Gasteiger partial charge on any atom is 0.307 e. The number of rotatable bonds is 5. The molecular weight excluding hydrogens is 304 g/mol. The first-order valence-electron chi connectivity index (χ1n) is 6.84. The molecule has 1 aromatic carbocycles. The fraction of sp³-hybridized carbons (Fsp3) is 0.375. The van der Waals surface area contributed by atoms with Gasteiger partial charge in [0.25, 0.3) is 0 Å². The minimum absolute atomic E-state index is 0.179.